The van der Waals surface area contributed by atoms with Crippen LogP contribution in [0.3, 0.4) is 0 Å². The maximum atomic E-state index is 9.37. The van der Waals surface area contributed by atoms with Gasteiger partial charge in [-0.2, -0.15) is 0 Å². The zero-order valence-electron chi connectivity index (χ0n) is 7.49. The first-order chi connectivity index (χ1) is 5.70. The van der Waals surface area contributed by atoms with Crippen molar-refractivity contribution in [1.82, 2.24) is 0 Å². The van der Waals surface area contributed by atoms with E-state index in [9.17, 15) is 5.11 Å². The van der Waals surface area contributed by atoms with Gasteiger partial charge in [-0.3, -0.25) is 0 Å². The minimum absolute atomic E-state index is 0.342. The summed E-state index contributed by atoms with van der Waals surface area (Å²) in [7, 11) is 0. The molecule has 0 spiro atoms. The molecule has 0 atom stereocenters. The predicted molar refractivity (Wildman–Crippen MR) is 52.0 cm³/mol. The van der Waals surface area contributed by atoms with Gasteiger partial charge < -0.3 is 5.11 Å². The van der Waals surface area contributed by atoms with Crippen LogP contribution in [-0.2, 0) is 0 Å². The Morgan fingerprint density at radius 3 is 2.50 bits per heavy atom. The molecule has 0 saturated carbocycles. The SMILES string of the molecule is CC(C)C=Cc1ccccc1O. The zero-order chi connectivity index (χ0) is 8.97. The summed E-state index contributed by atoms with van der Waals surface area (Å²) in [6.45, 7) is 4.22. The number of phenols is 1. The molecule has 0 aliphatic rings. The fourth-order valence-electron chi connectivity index (χ4n) is 0.925. The van der Waals surface area contributed by atoms with Crippen LogP contribution in [0.25, 0.3) is 6.08 Å². The van der Waals surface area contributed by atoms with Crippen molar-refractivity contribution < 1.29 is 5.11 Å². The molecule has 1 aromatic carbocycles. The molecule has 0 bridgehead atoms. The van der Waals surface area contributed by atoms with Crippen LogP contribution in [0.1, 0.15) is 19.4 Å². The second-order valence-corrected chi connectivity index (χ2v) is 3.16. The quantitative estimate of drug-likeness (QED) is 0.708. The van der Waals surface area contributed by atoms with Crippen LogP contribution >= 0.6 is 0 Å². The maximum absolute atomic E-state index is 9.37. The number of allylic oxidation sites excluding steroid dienone is 1. The summed E-state index contributed by atoms with van der Waals surface area (Å²) in [6.07, 6.45) is 4.01. The maximum Gasteiger partial charge on any atom is 0.122 e. The third-order valence-electron chi connectivity index (χ3n) is 1.60. The van der Waals surface area contributed by atoms with Crippen molar-refractivity contribution in [3.63, 3.8) is 0 Å². The molecule has 0 saturated heterocycles. The zero-order valence-corrected chi connectivity index (χ0v) is 7.49. The number of rotatable bonds is 2. The van der Waals surface area contributed by atoms with Crippen LogP contribution < -0.4 is 0 Å². The van der Waals surface area contributed by atoms with Gasteiger partial charge in [-0.25, -0.2) is 0 Å². The second-order valence-electron chi connectivity index (χ2n) is 3.16. The highest BCUT2D eigenvalue weighted by molar-refractivity contribution is 5.56. The lowest BCUT2D eigenvalue weighted by Gasteiger charge is -1.98. The molecule has 0 radical (unpaired) electrons. The molecule has 1 rings (SSSR count). The predicted octanol–water partition coefficient (Wildman–Crippen LogP) is 3.06. The Balaban J connectivity index is 2.82. The first-order valence-corrected chi connectivity index (χ1v) is 4.16. The van der Waals surface area contributed by atoms with E-state index in [0.29, 0.717) is 11.7 Å². The Morgan fingerprint density at radius 2 is 1.92 bits per heavy atom. The van der Waals surface area contributed by atoms with Gasteiger partial charge in [0.15, 0.2) is 0 Å². The van der Waals surface area contributed by atoms with Gasteiger partial charge in [-0.05, 0) is 12.0 Å². The van der Waals surface area contributed by atoms with E-state index in [1.807, 2.05) is 24.3 Å². The molecule has 0 aliphatic carbocycles. The van der Waals surface area contributed by atoms with Gasteiger partial charge in [0.1, 0.15) is 5.75 Å². The summed E-state index contributed by atoms with van der Waals surface area (Å²) in [5.74, 6) is 0.860. The molecule has 0 unspecified atom stereocenters. The molecule has 64 valence electrons. The van der Waals surface area contributed by atoms with E-state index in [2.05, 4.69) is 19.9 Å². The first kappa shape index (κ1) is 8.85. The van der Waals surface area contributed by atoms with Crippen LogP contribution in [0.4, 0.5) is 0 Å². The topological polar surface area (TPSA) is 20.2 Å². The summed E-state index contributed by atoms with van der Waals surface area (Å²) in [5, 5.41) is 9.37. The van der Waals surface area contributed by atoms with E-state index in [0.717, 1.165) is 5.56 Å². The van der Waals surface area contributed by atoms with Gasteiger partial charge in [0.2, 0.25) is 0 Å². The number of hydrogen-bond donors (Lipinski definition) is 1. The van der Waals surface area contributed by atoms with Crippen molar-refractivity contribution in [3.05, 3.63) is 35.9 Å². The number of phenolic OH excluding ortho intramolecular Hbond substituents is 1. The number of para-hydroxylation sites is 1. The Morgan fingerprint density at radius 1 is 1.25 bits per heavy atom. The molecule has 0 aromatic heterocycles. The highest BCUT2D eigenvalue weighted by atomic mass is 16.3. The molecule has 0 aliphatic heterocycles. The Kier molecular flexibility index (Phi) is 2.92. The van der Waals surface area contributed by atoms with E-state index in [4.69, 9.17) is 0 Å². The van der Waals surface area contributed by atoms with Crippen LogP contribution in [0.2, 0.25) is 0 Å². The lowest BCUT2D eigenvalue weighted by atomic mass is 10.1. The van der Waals surface area contributed by atoms with E-state index in [1.54, 1.807) is 6.07 Å². The first-order valence-electron chi connectivity index (χ1n) is 4.16. The molecular weight excluding hydrogens is 148 g/mol. The van der Waals surface area contributed by atoms with Crippen LogP contribution in [0.5, 0.6) is 5.75 Å². The fraction of sp³-hybridized carbons (Fsp3) is 0.273. The molecule has 1 heteroatoms. The minimum Gasteiger partial charge on any atom is -0.507 e. The Hall–Kier alpha value is -1.24. The molecule has 1 N–H and O–H groups in total. The van der Waals surface area contributed by atoms with Gasteiger partial charge in [0.05, 0.1) is 0 Å². The highest BCUT2D eigenvalue weighted by Gasteiger charge is 1.93. The van der Waals surface area contributed by atoms with Gasteiger partial charge >= 0.3 is 0 Å². The number of benzene rings is 1. The number of aromatic hydroxyl groups is 1. The van der Waals surface area contributed by atoms with Crippen molar-refractivity contribution in [2.75, 3.05) is 0 Å². The van der Waals surface area contributed by atoms with E-state index < -0.39 is 0 Å². The lowest BCUT2D eigenvalue weighted by Crippen LogP contribution is -1.78. The van der Waals surface area contributed by atoms with Crippen LogP contribution in [0.15, 0.2) is 30.3 Å². The number of hydrogen-bond acceptors (Lipinski definition) is 1. The average Bonchev–Trinajstić information content (AvgIpc) is 2.03. The monoisotopic (exact) mass is 162 g/mol. The normalized spacial score (nSPS) is 11.2. The van der Waals surface area contributed by atoms with Gasteiger partial charge in [0, 0.05) is 5.56 Å². The van der Waals surface area contributed by atoms with Crippen molar-refractivity contribution >= 4 is 6.08 Å². The molecule has 0 heterocycles. The average molecular weight is 162 g/mol. The van der Waals surface area contributed by atoms with E-state index >= 15 is 0 Å². The third-order valence-corrected chi connectivity index (χ3v) is 1.60. The summed E-state index contributed by atoms with van der Waals surface area (Å²) < 4.78 is 0. The van der Waals surface area contributed by atoms with E-state index in [-0.39, 0.29) is 0 Å². The summed E-state index contributed by atoms with van der Waals surface area (Å²) in [6, 6.07) is 7.33. The van der Waals surface area contributed by atoms with Crippen molar-refractivity contribution in [2.45, 2.75) is 13.8 Å². The molecule has 1 aromatic rings. The van der Waals surface area contributed by atoms with Crippen molar-refractivity contribution in [2.24, 2.45) is 5.92 Å². The van der Waals surface area contributed by atoms with E-state index in [1.165, 1.54) is 0 Å². The summed E-state index contributed by atoms with van der Waals surface area (Å²) in [4.78, 5) is 0. The lowest BCUT2D eigenvalue weighted by molar-refractivity contribution is 0.474. The largest absolute Gasteiger partial charge is 0.507 e. The summed E-state index contributed by atoms with van der Waals surface area (Å²) in [5.41, 5.74) is 0.881. The smallest absolute Gasteiger partial charge is 0.122 e. The second kappa shape index (κ2) is 3.96. The highest BCUT2D eigenvalue weighted by Crippen LogP contribution is 2.17. The molecule has 0 fully saturated rings. The molecule has 0 amide bonds. The van der Waals surface area contributed by atoms with Crippen LogP contribution in [0, 0.1) is 5.92 Å². The third kappa shape index (κ3) is 2.42. The van der Waals surface area contributed by atoms with Gasteiger partial charge in [0.25, 0.3) is 0 Å². The molecule has 12 heavy (non-hydrogen) atoms. The van der Waals surface area contributed by atoms with Crippen LogP contribution in [-0.4, -0.2) is 5.11 Å². The fourth-order valence-corrected chi connectivity index (χ4v) is 0.925. The van der Waals surface area contributed by atoms with Gasteiger partial charge in [-0.1, -0.05) is 44.2 Å². The Labute approximate surface area is 73.4 Å². The van der Waals surface area contributed by atoms with Gasteiger partial charge in [-0.15, -0.1) is 0 Å². The van der Waals surface area contributed by atoms with Crippen molar-refractivity contribution in [3.8, 4) is 5.75 Å². The molecular formula is C11H14O. The summed E-state index contributed by atoms with van der Waals surface area (Å²) >= 11 is 0. The molecule has 1 nitrogen and oxygen atoms in total. The minimum atomic E-state index is 0.342. The Bertz CT molecular complexity index is 274. The standard InChI is InChI=1S/C11H14O/c1-9(2)7-8-10-5-3-4-6-11(10)12/h3-9,12H,1-2H3. The van der Waals surface area contributed by atoms with Crippen molar-refractivity contribution in [1.29, 1.82) is 0 Å².